The quantitative estimate of drug-likeness (QED) is 0.795. The van der Waals surface area contributed by atoms with Crippen molar-refractivity contribution < 1.29 is 0 Å². The molecule has 0 aliphatic carbocycles. The van der Waals surface area contributed by atoms with Crippen molar-refractivity contribution in [2.24, 2.45) is 0 Å². The molecule has 0 bridgehead atoms. The van der Waals surface area contributed by atoms with Crippen LogP contribution in [0.25, 0.3) is 0 Å². The van der Waals surface area contributed by atoms with Gasteiger partial charge >= 0.3 is 0 Å². The van der Waals surface area contributed by atoms with Crippen molar-refractivity contribution >= 4 is 39.0 Å². The van der Waals surface area contributed by atoms with Crippen LogP contribution in [-0.4, -0.2) is 29.6 Å². The lowest BCUT2D eigenvalue weighted by atomic mass is 10.2. The molecule has 0 radical (unpaired) electrons. The zero-order valence-corrected chi connectivity index (χ0v) is 15.0. The monoisotopic (exact) mass is 368 g/mol. The molecule has 4 nitrogen and oxygen atoms in total. The summed E-state index contributed by atoms with van der Waals surface area (Å²) in [6, 6.07) is 4.65. The molecule has 0 fully saturated rings. The Morgan fingerprint density at radius 3 is 2.95 bits per heavy atom. The molecule has 0 saturated heterocycles. The van der Waals surface area contributed by atoms with Gasteiger partial charge in [0.1, 0.15) is 5.82 Å². The predicted molar refractivity (Wildman–Crippen MR) is 94.4 cm³/mol. The summed E-state index contributed by atoms with van der Waals surface area (Å²) in [4.78, 5) is 12.5. The normalized spacial score (nSPS) is 12.2. The molecule has 0 aliphatic heterocycles. The fourth-order valence-corrected chi connectivity index (χ4v) is 3.29. The number of rotatable bonds is 7. The van der Waals surface area contributed by atoms with Gasteiger partial charge in [-0.05, 0) is 40.7 Å². The number of hydrogen-bond donors (Lipinski definition) is 1. The number of anilines is 2. The van der Waals surface area contributed by atoms with Gasteiger partial charge in [-0.2, -0.15) is 4.98 Å². The summed E-state index contributed by atoms with van der Waals surface area (Å²) in [6.45, 7) is 5.23. The van der Waals surface area contributed by atoms with E-state index in [2.05, 4.69) is 74.5 Å². The number of likely N-dealkylation sites (N-methyl/N-ethyl adjacent to an activating group) is 1. The highest BCUT2D eigenvalue weighted by molar-refractivity contribution is 9.10. The van der Waals surface area contributed by atoms with E-state index < -0.39 is 0 Å². The lowest BCUT2D eigenvalue weighted by molar-refractivity contribution is 0.678. The predicted octanol–water partition coefficient (Wildman–Crippen LogP) is 4.19. The molecule has 1 unspecified atom stereocenters. The SMILES string of the molecule is CCCNc1ncc(Br)c(N(C)C(C)Cc2cccs2)n1. The van der Waals surface area contributed by atoms with Gasteiger partial charge < -0.3 is 10.2 Å². The first-order chi connectivity index (χ1) is 10.1. The lowest BCUT2D eigenvalue weighted by Crippen LogP contribution is -2.31. The minimum absolute atomic E-state index is 0.369. The van der Waals surface area contributed by atoms with E-state index in [1.165, 1.54) is 4.88 Å². The standard InChI is InChI=1S/C15H21BrN4S/c1-4-7-17-15-18-10-13(16)14(19-15)20(3)11(2)9-12-6-5-8-21-12/h5-6,8,10-11H,4,7,9H2,1-3H3,(H,17,18,19). The van der Waals surface area contributed by atoms with Gasteiger partial charge in [0.25, 0.3) is 0 Å². The van der Waals surface area contributed by atoms with Crippen molar-refractivity contribution in [3.63, 3.8) is 0 Å². The maximum absolute atomic E-state index is 4.62. The van der Waals surface area contributed by atoms with Crippen LogP contribution in [0.2, 0.25) is 0 Å². The van der Waals surface area contributed by atoms with Gasteiger partial charge in [0.05, 0.1) is 4.47 Å². The summed E-state index contributed by atoms with van der Waals surface area (Å²) in [6.07, 6.45) is 3.89. The Bertz CT molecular complexity index is 559. The number of nitrogens with one attached hydrogen (secondary N) is 1. The Hall–Kier alpha value is -1.14. The fraction of sp³-hybridized carbons (Fsp3) is 0.467. The zero-order chi connectivity index (χ0) is 15.2. The van der Waals surface area contributed by atoms with Gasteiger partial charge in [-0.25, -0.2) is 4.98 Å². The lowest BCUT2D eigenvalue weighted by Gasteiger charge is -2.26. The van der Waals surface area contributed by atoms with Gasteiger partial charge in [-0.15, -0.1) is 11.3 Å². The van der Waals surface area contributed by atoms with Crippen LogP contribution in [0.4, 0.5) is 11.8 Å². The van der Waals surface area contributed by atoms with Crippen LogP contribution in [0.5, 0.6) is 0 Å². The van der Waals surface area contributed by atoms with E-state index in [-0.39, 0.29) is 0 Å². The first-order valence-electron chi connectivity index (χ1n) is 7.13. The van der Waals surface area contributed by atoms with Crippen LogP contribution in [0.3, 0.4) is 0 Å². The fourth-order valence-electron chi connectivity index (χ4n) is 1.99. The molecule has 0 saturated carbocycles. The summed E-state index contributed by atoms with van der Waals surface area (Å²) in [5.74, 6) is 1.61. The average molecular weight is 369 g/mol. The number of halogens is 1. The van der Waals surface area contributed by atoms with Crippen LogP contribution < -0.4 is 10.2 Å². The third-order valence-electron chi connectivity index (χ3n) is 3.33. The molecule has 1 N–H and O–H groups in total. The third-order valence-corrected chi connectivity index (χ3v) is 4.79. The van der Waals surface area contributed by atoms with Crippen molar-refractivity contribution in [1.29, 1.82) is 0 Å². The van der Waals surface area contributed by atoms with E-state index in [1.54, 1.807) is 11.3 Å². The smallest absolute Gasteiger partial charge is 0.224 e. The molecule has 1 atom stereocenters. The van der Waals surface area contributed by atoms with Crippen LogP contribution in [-0.2, 0) is 6.42 Å². The zero-order valence-electron chi connectivity index (χ0n) is 12.6. The van der Waals surface area contributed by atoms with Crippen LogP contribution in [0, 0.1) is 0 Å². The Labute approximate surface area is 138 Å². The number of hydrogen-bond acceptors (Lipinski definition) is 5. The van der Waals surface area contributed by atoms with Crippen LogP contribution in [0.1, 0.15) is 25.1 Å². The van der Waals surface area contributed by atoms with Crippen molar-refractivity contribution in [2.75, 3.05) is 23.8 Å². The Kier molecular flexibility index (Phi) is 5.99. The summed E-state index contributed by atoms with van der Waals surface area (Å²) < 4.78 is 0.921. The Morgan fingerprint density at radius 2 is 2.29 bits per heavy atom. The van der Waals surface area contributed by atoms with Gasteiger partial charge in [-0.1, -0.05) is 13.0 Å². The highest BCUT2D eigenvalue weighted by atomic mass is 79.9. The second-order valence-corrected chi connectivity index (χ2v) is 6.92. The van der Waals surface area contributed by atoms with Crippen LogP contribution in [0.15, 0.2) is 28.2 Å². The van der Waals surface area contributed by atoms with Crippen molar-refractivity contribution in [1.82, 2.24) is 9.97 Å². The summed E-state index contributed by atoms with van der Waals surface area (Å²) in [7, 11) is 2.08. The van der Waals surface area contributed by atoms with Crippen molar-refractivity contribution in [3.8, 4) is 0 Å². The molecule has 2 aromatic rings. The van der Waals surface area contributed by atoms with Gasteiger partial charge in [-0.3, -0.25) is 0 Å². The second kappa shape index (κ2) is 7.75. The topological polar surface area (TPSA) is 41.1 Å². The van der Waals surface area contributed by atoms with Gasteiger partial charge in [0, 0.05) is 37.1 Å². The molecule has 6 heteroatoms. The maximum atomic E-state index is 4.62. The molecule has 0 aromatic carbocycles. The molecule has 0 aliphatic rings. The largest absolute Gasteiger partial charge is 0.356 e. The second-order valence-electron chi connectivity index (χ2n) is 5.04. The number of nitrogens with zero attached hydrogens (tertiary/aromatic N) is 3. The van der Waals surface area contributed by atoms with Gasteiger partial charge in [0.2, 0.25) is 5.95 Å². The Balaban J connectivity index is 2.11. The molecule has 2 rings (SSSR count). The molecule has 21 heavy (non-hydrogen) atoms. The van der Waals surface area contributed by atoms with E-state index in [1.807, 2.05) is 6.20 Å². The van der Waals surface area contributed by atoms with E-state index in [0.29, 0.717) is 12.0 Å². The first-order valence-corrected chi connectivity index (χ1v) is 8.80. The van der Waals surface area contributed by atoms with Crippen molar-refractivity contribution in [3.05, 3.63) is 33.1 Å². The summed E-state index contributed by atoms with van der Waals surface area (Å²) >= 11 is 5.35. The number of thiophene rings is 1. The van der Waals surface area contributed by atoms with Crippen molar-refractivity contribution in [2.45, 2.75) is 32.7 Å². The van der Waals surface area contributed by atoms with E-state index in [4.69, 9.17) is 0 Å². The first kappa shape index (κ1) is 16.2. The molecular weight excluding hydrogens is 348 g/mol. The maximum Gasteiger partial charge on any atom is 0.224 e. The number of aromatic nitrogens is 2. The molecular formula is C15H21BrN4S. The van der Waals surface area contributed by atoms with Gasteiger partial charge in [0.15, 0.2) is 0 Å². The minimum atomic E-state index is 0.369. The average Bonchev–Trinajstić information content (AvgIpc) is 2.98. The van der Waals surface area contributed by atoms with E-state index in [9.17, 15) is 0 Å². The Morgan fingerprint density at radius 1 is 1.48 bits per heavy atom. The van der Waals surface area contributed by atoms with Crippen LogP contribution >= 0.6 is 27.3 Å². The molecule has 2 aromatic heterocycles. The molecule has 0 spiro atoms. The molecule has 2 heterocycles. The molecule has 114 valence electrons. The highest BCUT2D eigenvalue weighted by Gasteiger charge is 2.16. The van der Waals surface area contributed by atoms with E-state index >= 15 is 0 Å². The highest BCUT2D eigenvalue weighted by Crippen LogP contribution is 2.26. The third kappa shape index (κ3) is 4.41. The van der Waals surface area contributed by atoms with E-state index in [0.717, 1.165) is 29.7 Å². The summed E-state index contributed by atoms with van der Waals surface area (Å²) in [5, 5.41) is 5.35. The molecule has 0 amide bonds. The summed E-state index contributed by atoms with van der Waals surface area (Å²) in [5.41, 5.74) is 0. The minimum Gasteiger partial charge on any atom is -0.356 e.